The molecule has 1 aromatic carbocycles. The number of hydrogen-bond donors (Lipinski definition) is 1. The summed E-state index contributed by atoms with van der Waals surface area (Å²) in [5.74, 6) is 0.891. The maximum absolute atomic E-state index is 12.8. The highest BCUT2D eigenvalue weighted by molar-refractivity contribution is 7.12. The van der Waals surface area contributed by atoms with Gasteiger partial charge in [-0.2, -0.15) is 0 Å². The summed E-state index contributed by atoms with van der Waals surface area (Å²) in [5.41, 5.74) is 2.19. The minimum absolute atomic E-state index is 0.191. The SMILES string of the molecule is CNCC1CCN(C(=O)c2sccc2-c2ccccc2)CC1. The monoisotopic (exact) mass is 314 g/mol. The van der Waals surface area contributed by atoms with E-state index in [1.807, 2.05) is 35.5 Å². The number of carbonyl (C=O) groups is 1. The zero-order valence-electron chi connectivity index (χ0n) is 12.9. The fourth-order valence-corrected chi connectivity index (χ4v) is 3.98. The van der Waals surface area contributed by atoms with Gasteiger partial charge in [-0.3, -0.25) is 4.79 Å². The Morgan fingerprint density at radius 2 is 1.95 bits per heavy atom. The van der Waals surface area contributed by atoms with Crippen molar-refractivity contribution in [2.24, 2.45) is 5.92 Å². The number of piperidine rings is 1. The molecule has 0 spiro atoms. The number of likely N-dealkylation sites (tertiary alicyclic amines) is 1. The van der Waals surface area contributed by atoms with Crippen LogP contribution in [0.2, 0.25) is 0 Å². The molecule has 116 valence electrons. The number of thiophene rings is 1. The van der Waals surface area contributed by atoms with E-state index >= 15 is 0 Å². The molecule has 1 aromatic heterocycles. The zero-order chi connectivity index (χ0) is 15.4. The molecule has 0 saturated carbocycles. The first-order valence-corrected chi connectivity index (χ1v) is 8.74. The molecule has 1 aliphatic heterocycles. The van der Waals surface area contributed by atoms with Crippen LogP contribution in [-0.2, 0) is 0 Å². The molecule has 2 heterocycles. The molecule has 0 aliphatic carbocycles. The second-order valence-electron chi connectivity index (χ2n) is 5.82. The van der Waals surface area contributed by atoms with Crippen molar-refractivity contribution in [1.82, 2.24) is 10.2 Å². The van der Waals surface area contributed by atoms with Crippen molar-refractivity contribution in [2.45, 2.75) is 12.8 Å². The van der Waals surface area contributed by atoms with Crippen molar-refractivity contribution >= 4 is 17.2 Å². The van der Waals surface area contributed by atoms with Gasteiger partial charge in [-0.05, 0) is 49.4 Å². The Kier molecular flexibility index (Phi) is 4.90. The van der Waals surface area contributed by atoms with Gasteiger partial charge in [0.1, 0.15) is 0 Å². The van der Waals surface area contributed by atoms with Crippen molar-refractivity contribution in [3.05, 3.63) is 46.7 Å². The number of nitrogens with zero attached hydrogens (tertiary/aromatic N) is 1. The Labute approximate surface area is 136 Å². The predicted molar refractivity (Wildman–Crippen MR) is 92.3 cm³/mol. The first-order valence-electron chi connectivity index (χ1n) is 7.86. The molecule has 0 atom stereocenters. The molecule has 1 saturated heterocycles. The molecule has 1 aliphatic rings. The highest BCUT2D eigenvalue weighted by Gasteiger charge is 2.25. The van der Waals surface area contributed by atoms with Crippen molar-refractivity contribution in [3.8, 4) is 11.1 Å². The van der Waals surface area contributed by atoms with E-state index in [-0.39, 0.29) is 5.91 Å². The molecular formula is C18H22N2OS. The second kappa shape index (κ2) is 7.07. The van der Waals surface area contributed by atoms with E-state index in [2.05, 4.69) is 23.5 Å². The van der Waals surface area contributed by atoms with Gasteiger partial charge < -0.3 is 10.2 Å². The molecule has 1 fully saturated rings. The van der Waals surface area contributed by atoms with E-state index < -0.39 is 0 Å². The van der Waals surface area contributed by atoms with Gasteiger partial charge in [-0.25, -0.2) is 0 Å². The third-order valence-electron chi connectivity index (χ3n) is 4.34. The van der Waals surface area contributed by atoms with E-state index in [0.717, 1.165) is 48.5 Å². The number of carbonyl (C=O) groups excluding carboxylic acids is 1. The lowest BCUT2D eigenvalue weighted by molar-refractivity contribution is 0.0696. The molecule has 2 aromatic rings. The summed E-state index contributed by atoms with van der Waals surface area (Å²) in [7, 11) is 2.00. The number of rotatable bonds is 4. The maximum Gasteiger partial charge on any atom is 0.264 e. The first kappa shape index (κ1) is 15.3. The van der Waals surface area contributed by atoms with Crippen LogP contribution in [0.1, 0.15) is 22.5 Å². The standard InChI is InChI=1S/C18H22N2OS/c1-19-13-14-7-10-20(11-8-14)18(21)17-16(9-12-22-17)15-5-3-2-4-6-15/h2-6,9,12,14,19H,7-8,10-11,13H2,1H3. The van der Waals surface area contributed by atoms with Gasteiger partial charge in [0.25, 0.3) is 5.91 Å². The summed E-state index contributed by atoms with van der Waals surface area (Å²) in [5, 5.41) is 5.26. The maximum atomic E-state index is 12.8. The summed E-state index contributed by atoms with van der Waals surface area (Å²) >= 11 is 1.55. The van der Waals surface area contributed by atoms with Crippen LogP contribution in [0.25, 0.3) is 11.1 Å². The highest BCUT2D eigenvalue weighted by atomic mass is 32.1. The largest absolute Gasteiger partial charge is 0.338 e. The third-order valence-corrected chi connectivity index (χ3v) is 5.24. The molecule has 0 radical (unpaired) electrons. The Morgan fingerprint density at radius 3 is 2.64 bits per heavy atom. The van der Waals surface area contributed by atoms with Crippen molar-refractivity contribution in [3.63, 3.8) is 0 Å². The Balaban J connectivity index is 1.73. The predicted octanol–water partition coefficient (Wildman–Crippen LogP) is 3.49. The Bertz CT molecular complexity index is 615. The van der Waals surface area contributed by atoms with Gasteiger partial charge in [-0.1, -0.05) is 30.3 Å². The molecule has 0 bridgehead atoms. The fraction of sp³-hybridized carbons (Fsp3) is 0.389. The summed E-state index contributed by atoms with van der Waals surface area (Å²) < 4.78 is 0. The van der Waals surface area contributed by atoms with Crippen LogP contribution in [0.15, 0.2) is 41.8 Å². The van der Waals surface area contributed by atoms with Crippen molar-refractivity contribution in [1.29, 1.82) is 0 Å². The van der Waals surface area contributed by atoms with Crippen LogP contribution < -0.4 is 5.32 Å². The van der Waals surface area contributed by atoms with Gasteiger partial charge in [0, 0.05) is 18.7 Å². The fourth-order valence-electron chi connectivity index (χ4n) is 3.09. The second-order valence-corrected chi connectivity index (χ2v) is 6.74. The molecule has 3 nitrogen and oxygen atoms in total. The summed E-state index contributed by atoms with van der Waals surface area (Å²) in [4.78, 5) is 15.7. The van der Waals surface area contributed by atoms with Crippen LogP contribution in [0.3, 0.4) is 0 Å². The third kappa shape index (κ3) is 3.23. The number of amides is 1. The molecule has 1 N–H and O–H groups in total. The van der Waals surface area contributed by atoms with Crippen molar-refractivity contribution < 1.29 is 4.79 Å². The van der Waals surface area contributed by atoms with Gasteiger partial charge >= 0.3 is 0 Å². The van der Waals surface area contributed by atoms with Crippen molar-refractivity contribution in [2.75, 3.05) is 26.7 Å². The average molecular weight is 314 g/mol. The number of nitrogens with one attached hydrogen (secondary N) is 1. The summed E-state index contributed by atoms with van der Waals surface area (Å²) in [6, 6.07) is 12.2. The van der Waals surface area contributed by atoms with E-state index in [9.17, 15) is 4.79 Å². The first-order chi connectivity index (χ1) is 10.8. The molecule has 22 heavy (non-hydrogen) atoms. The lowest BCUT2D eigenvalue weighted by Crippen LogP contribution is -2.40. The van der Waals surface area contributed by atoms with Crippen LogP contribution in [0.5, 0.6) is 0 Å². The van der Waals surface area contributed by atoms with Crippen LogP contribution in [0.4, 0.5) is 0 Å². The van der Waals surface area contributed by atoms with E-state index in [1.54, 1.807) is 11.3 Å². The molecular weight excluding hydrogens is 292 g/mol. The molecule has 3 rings (SSSR count). The molecule has 4 heteroatoms. The topological polar surface area (TPSA) is 32.3 Å². The number of hydrogen-bond acceptors (Lipinski definition) is 3. The lowest BCUT2D eigenvalue weighted by Gasteiger charge is -2.32. The molecule has 0 unspecified atom stereocenters. The average Bonchev–Trinajstić information content (AvgIpc) is 3.06. The zero-order valence-corrected chi connectivity index (χ0v) is 13.7. The van der Waals surface area contributed by atoms with Gasteiger partial charge in [0.15, 0.2) is 0 Å². The van der Waals surface area contributed by atoms with Gasteiger partial charge in [0.05, 0.1) is 4.88 Å². The van der Waals surface area contributed by atoms with Gasteiger partial charge in [-0.15, -0.1) is 11.3 Å². The number of benzene rings is 1. The normalized spacial score (nSPS) is 16.0. The van der Waals surface area contributed by atoms with Crippen LogP contribution >= 0.6 is 11.3 Å². The Hall–Kier alpha value is -1.65. The van der Waals surface area contributed by atoms with Crippen LogP contribution in [0, 0.1) is 5.92 Å². The summed E-state index contributed by atoms with van der Waals surface area (Å²) in [6.07, 6.45) is 2.19. The molecule has 1 amide bonds. The van der Waals surface area contributed by atoms with E-state index in [1.165, 1.54) is 0 Å². The summed E-state index contributed by atoms with van der Waals surface area (Å²) in [6.45, 7) is 2.80. The quantitative estimate of drug-likeness (QED) is 0.937. The minimum atomic E-state index is 0.191. The Morgan fingerprint density at radius 1 is 1.23 bits per heavy atom. The van der Waals surface area contributed by atoms with E-state index in [4.69, 9.17) is 0 Å². The minimum Gasteiger partial charge on any atom is -0.338 e. The smallest absolute Gasteiger partial charge is 0.264 e. The van der Waals surface area contributed by atoms with E-state index in [0.29, 0.717) is 5.92 Å². The lowest BCUT2D eigenvalue weighted by atomic mass is 9.96. The van der Waals surface area contributed by atoms with Crippen LogP contribution in [-0.4, -0.2) is 37.5 Å². The van der Waals surface area contributed by atoms with Gasteiger partial charge in [0.2, 0.25) is 0 Å². The highest BCUT2D eigenvalue weighted by Crippen LogP contribution is 2.30.